The van der Waals surface area contributed by atoms with Crippen LogP contribution in [0.1, 0.15) is 80.6 Å². The van der Waals surface area contributed by atoms with Crippen molar-refractivity contribution in [3.05, 3.63) is 58.2 Å². The summed E-state index contributed by atoms with van der Waals surface area (Å²) in [6.45, 7) is 3.64. The summed E-state index contributed by atoms with van der Waals surface area (Å²) in [6.07, 6.45) is -2.96. The number of halogens is 5. The molecule has 5 atom stereocenters. The molecule has 0 saturated heterocycles. The average Bonchev–Trinajstić information content (AvgIpc) is 3.14. The Balaban J connectivity index is 1.65. The Morgan fingerprint density at radius 2 is 1.76 bits per heavy atom. The number of nitrogens with one attached hydrogen (secondary N) is 1. The van der Waals surface area contributed by atoms with E-state index in [4.69, 9.17) is 0 Å². The maximum atomic E-state index is 15.0. The second-order valence-corrected chi connectivity index (χ2v) is 11.4. The van der Waals surface area contributed by atoms with Crippen molar-refractivity contribution in [2.45, 2.75) is 82.4 Å². The van der Waals surface area contributed by atoms with E-state index in [-0.39, 0.29) is 30.4 Å². The third-order valence-electron chi connectivity index (χ3n) is 9.67. The van der Waals surface area contributed by atoms with E-state index in [0.29, 0.717) is 43.4 Å². The molecule has 0 aliphatic heterocycles. The number of alkyl halides is 5. The lowest BCUT2D eigenvalue weighted by molar-refractivity contribution is -0.362. The lowest BCUT2D eigenvalue weighted by Crippen LogP contribution is -2.65. The molecule has 206 valence electrons. The Morgan fingerprint density at radius 1 is 1.08 bits per heavy atom. The maximum Gasteiger partial charge on any atom is 0.456 e. The summed E-state index contributed by atoms with van der Waals surface area (Å²) in [5.74, 6) is -6.85. The predicted octanol–water partition coefficient (Wildman–Crippen LogP) is 6.26. The van der Waals surface area contributed by atoms with Crippen LogP contribution in [0.15, 0.2) is 47.1 Å². The van der Waals surface area contributed by atoms with E-state index in [1.807, 2.05) is 0 Å². The molecule has 0 radical (unpaired) electrons. The van der Waals surface area contributed by atoms with Gasteiger partial charge in [-0.15, -0.1) is 0 Å². The molecular formula is C29H32F5NO3. The van der Waals surface area contributed by atoms with Crippen molar-refractivity contribution in [3.8, 4) is 0 Å². The zero-order chi connectivity index (χ0) is 27.7. The Labute approximate surface area is 218 Å². The number of ketones is 1. The summed E-state index contributed by atoms with van der Waals surface area (Å²) in [5.41, 5.74) is -0.881. The second kappa shape index (κ2) is 9.00. The Morgan fingerprint density at radius 3 is 2.39 bits per heavy atom. The standard InChI is InChI=1S/C29H32F5NO3/c1-3-35-25(37)17-6-4-16(5-7-17)22-15-26(2)23(12-13-27(26,38)28(30,31)29(32,33)34)21-10-8-18-14-19(36)9-11-20(18)24(21)22/h4-7,14,21-23,38H,3,8-13,15H2,1-2H3,(H,35,37)/t21-,22+,23-,26-,27-/m0/s1. The smallest absolute Gasteiger partial charge is 0.383 e. The first kappa shape index (κ1) is 27.0. The molecule has 2 N–H and O–H groups in total. The first-order chi connectivity index (χ1) is 17.7. The summed E-state index contributed by atoms with van der Waals surface area (Å²) >= 11 is 0. The topological polar surface area (TPSA) is 66.4 Å². The van der Waals surface area contributed by atoms with Gasteiger partial charge in [0.05, 0.1) is 0 Å². The number of amides is 1. The van der Waals surface area contributed by atoms with Crippen LogP contribution in [0.2, 0.25) is 0 Å². The minimum atomic E-state index is -5.88. The monoisotopic (exact) mass is 537 g/mol. The highest BCUT2D eigenvalue weighted by Gasteiger charge is 2.79. The van der Waals surface area contributed by atoms with Gasteiger partial charge < -0.3 is 10.4 Å². The van der Waals surface area contributed by atoms with Gasteiger partial charge in [0.25, 0.3) is 5.91 Å². The molecule has 4 aliphatic carbocycles. The van der Waals surface area contributed by atoms with E-state index in [1.165, 1.54) is 6.92 Å². The molecule has 0 spiro atoms. The Hall–Kier alpha value is -2.55. The maximum absolute atomic E-state index is 15.0. The minimum absolute atomic E-state index is 0.0337. The number of rotatable bonds is 4. The van der Waals surface area contributed by atoms with Crippen molar-refractivity contribution in [3.63, 3.8) is 0 Å². The summed E-state index contributed by atoms with van der Waals surface area (Å²) in [5, 5.41) is 14.0. The predicted molar refractivity (Wildman–Crippen MR) is 131 cm³/mol. The molecule has 4 nitrogen and oxygen atoms in total. The largest absolute Gasteiger partial charge is 0.456 e. The minimum Gasteiger partial charge on any atom is -0.383 e. The molecular weight excluding hydrogens is 505 g/mol. The fraction of sp³-hybridized carbons (Fsp3) is 0.586. The average molecular weight is 538 g/mol. The van der Waals surface area contributed by atoms with Crippen molar-refractivity contribution in [2.75, 3.05) is 6.54 Å². The van der Waals surface area contributed by atoms with Gasteiger partial charge in [0.15, 0.2) is 5.78 Å². The van der Waals surface area contributed by atoms with Gasteiger partial charge in [0.1, 0.15) is 5.60 Å². The molecule has 0 heterocycles. The van der Waals surface area contributed by atoms with E-state index in [0.717, 1.165) is 16.7 Å². The Bertz CT molecular complexity index is 1220. The van der Waals surface area contributed by atoms with E-state index in [1.54, 1.807) is 37.3 Å². The normalized spacial score (nSPS) is 33.3. The van der Waals surface area contributed by atoms with Crippen LogP contribution in [-0.4, -0.2) is 41.0 Å². The van der Waals surface area contributed by atoms with Crippen LogP contribution in [0.5, 0.6) is 0 Å². The van der Waals surface area contributed by atoms with Crippen LogP contribution in [0.4, 0.5) is 22.0 Å². The van der Waals surface area contributed by atoms with E-state index in [2.05, 4.69) is 5.32 Å². The fourth-order valence-corrected chi connectivity index (χ4v) is 7.84. The molecule has 1 aromatic rings. The van der Waals surface area contributed by atoms with E-state index >= 15 is 8.78 Å². The molecule has 5 rings (SSSR count). The van der Waals surface area contributed by atoms with Gasteiger partial charge in [-0.1, -0.05) is 24.6 Å². The van der Waals surface area contributed by atoms with Crippen molar-refractivity contribution in [1.29, 1.82) is 0 Å². The zero-order valence-electron chi connectivity index (χ0n) is 21.4. The van der Waals surface area contributed by atoms with Crippen LogP contribution < -0.4 is 5.32 Å². The molecule has 1 amide bonds. The number of fused-ring (bicyclic) bond motifs is 4. The highest BCUT2D eigenvalue weighted by atomic mass is 19.4. The first-order valence-electron chi connectivity index (χ1n) is 13.3. The van der Waals surface area contributed by atoms with Gasteiger partial charge >= 0.3 is 12.1 Å². The number of carbonyl (C=O) groups is 2. The third-order valence-corrected chi connectivity index (χ3v) is 9.67. The highest BCUT2D eigenvalue weighted by Crippen LogP contribution is 2.70. The number of hydrogen-bond acceptors (Lipinski definition) is 3. The van der Waals surface area contributed by atoms with Gasteiger partial charge in [0.2, 0.25) is 0 Å². The van der Waals surface area contributed by atoms with Gasteiger partial charge in [-0.3, -0.25) is 9.59 Å². The first-order valence-corrected chi connectivity index (χ1v) is 13.3. The molecule has 0 bridgehead atoms. The number of carbonyl (C=O) groups excluding carboxylic acids is 2. The van der Waals surface area contributed by atoms with Crippen LogP contribution >= 0.6 is 0 Å². The quantitative estimate of drug-likeness (QED) is 0.446. The van der Waals surface area contributed by atoms with Gasteiger partial charge in [-0.2, -0.15) is 22.0 Å². The summed E-state index contributed by atoms with van der Waals surface area (Å²) in [6, 6.07) is 6.71. The number of benzene rings is 1. The third kappa shape index (κ3) is 3.79. The number of aliphatic hydroxyl groups is 1. The fourth-order valence-electron chi connectivity index (χ4n) is 7.84. The molecule has 2 fully saturated rings. The molecule has 38 heavy (non-hydrogen) atoms. The van der Waals surface area contributed by atoms with Gasteiger partial charge in [-0.05, 0) is 92.2 Å². The molecule has 4 aliphatic rings. The lowest BCUT2D eigenvalue weighted by atomic mass is 9.50. The SMILES string of the molecule is CCNC(=O)c1ccc([C@H]2C[C@@]3(C)[C@@H](CC[C@@]3(O)C(F)(F)C(F)(F)F)[C@@H]3CCC4=CC(=O)CCC4=C32)cc1. The van der Waals surface area contributed by atoms with Gasteiger partial charge in [0, 0.05) is 29.9 Å². The van der Waals surface area contributed by atoms with Crippen molar-refractivity contribution < 1.29 is 36.6 Å². The van der Waals surface area contributed by atoms with Crippen LogP contribution in [0, 0.1) is 17.3 Å². The highest BCUT2D eigenvalue weighted by molar-refractivity contribution is 5.94. The summed E-state index contributed by atoms with van der Waals surface area (Å²) < 4.78 is 71.0. The van der Waals surface area contributed by atoms with E-state index < -0.39 is 41.4 Å². The molecule has 0 aromatic heterocycles. The van der Waals surface area contributed by atoms with Crippen molar-refractivity contribution in [2.24, 2.45) is 17.3 Å². The van der Waals surface area contributed by atoms with Crippen LogP contribution in [0.25, 0.3) is 0 Å². The number of allylic oxidation sites excluding steroid dienone is 4. The van der Waals surface area contributed by atoms with Crippen LogP contribution in [-0.2, 0) is 4.79 Å². The zero-order valence-corrected chi connectivity index (χ0v) is 21.4. The number of hydrogen-bond donors (Lipinski definition) is 2. The van der Waals surface area contributed by atoms with Crippen LogP contribution in [0.3, 0.4) is 0 Å². The molecule has 2 saturated carbocycles. The van der Waals surface area contributed by atoms with E-state index in [9.17, 15) is 27.9 Å². The molecule has 0 unspecified atom stereocenters. The van der Waals surface area contributed by atoms with Gasteiger partial charge in [-0.25, -0.2) is 0 Å². The Kier molecular flexibility index (Phi) is 6.40. The second-order valence-electron chi connectivity index (χ2n) is 11.4. The van der Waals surface area contributed by atoms with Crippen molar-refractivity contribution in [1.82, 2.24) is 5.32 Å². The summed E-state index contributed by atoms with van der Waals surface area (Å²) in [7, 11) is 0. The van der Waals surface area contributed by atoms with Crippen molar-refractivity contribution >= 4 is 11.7 Å². The molecule has 9 heteroatoms. The molecule has 1 aromatic carbocycles. The summed E-state index contributed by atoms with van der Waals surface area (Å²) in [4.78, 5) is 24.4. The lowest BCUT2D eigenvalue weighted by Gasteiger charge is -2.56.